The highest BCUT2D eigenvalue weighted by atomic mass is 19.4. The molecule has 0 heterocycles. The van der Waals surface area contributed by atoms with Gasteiger partial charge in [-0.05, 0) is 44.0 Å². The summed E-state index contributed by atoms with van der Waals surface area (Å²) in [7, 11) is 0. The van der Waals surface area contributed by atoms with Crippen LogP contribution in [0.2, 0.25) is 0 Å². The lowest BCUT2D eigenvalue weighted by Crippen LogP contribution is -2.29. The maximum Gasteiger partial charge on any atom is 0.411 e. The fraction of sp³-hybridized carbons (Fsp3) is 0.600. The summed E-state index contributed by atoms with van der Waals surface area (Å²) in [6.07, 6.45) is -4.28. The SMILES string of the molecule is CCNC(COCC(F)(F)F)c1c(C)cc(C)cc1C. The first-order valence-electron chi connectivity index (χ1n) is 6.70. The van der Waals surface area contributed by atoms with E-state index in [4.69, 9.17) is 4.74 Å². The van der Waals surface area contributed by atoms with E-state index in [0.717, 1.165) is 22.3 Å². The first kappa shape index (κ1) is 17.0. The molecule has 114 valence electrons. The van der Waals surface area contributed by atoms with Crippen LogP contribution in [0.15, 0.2) is 12.1 Å². The average molecular weight is 289 g/mol. The molecule has 0 aliphatic rings. The van der Waals surface area contributed by atoms with Crippen LogP contribution in [0.3, 0.4) is 0 Å². The topological polar surface area (TPSA) is 21.3 Å². The Morgan fingerprint density at radius 2 is 1.70 bits per heavy atom. The number of nitrogens with one attached hydrogen (secondary N) is 1. The number of rotatable bonds is 6. The van der Waals surface area contributed by atoms with Gasteiger partial charge in [-0.15, -0.1) is 0 Å². The molecule has 2 nitrogen and oxygen atoms in total. The standard InChI is InChI=1S/C15H22F3NO/c1-5-19-13(8-20-9-15(16,17)18)14-11(3)6-10(2)7-12(14)4/h6-7,13,19H,5,8-9H2,1-4H3. The summed E-state index contributed by atoms with van der Waals surface area (Å²) < 4.78 is 41.3. The van der Waals surface area contributed by atoms with E-state index in [1.807, 2.05) is 39.8 Å². The molecule has 0 aliphatic heterocycles. The largest absolute Gasteiger partial charge is 0.411 e. The van der Waals surface area contributed by atoms with Gasteiger partial charge in [-0.1, -0.05) is 24.6 Å². The van der Waals surface area contributed by atoms with E-state index in [-0.39, 0.29) is 12.6 Å². The minimum Gasteiger partial charge on any atom is -0.370 e. The normalized spacial score (nSPS) is 13.6. The van der Waals surface area contributed by atoms with Crippen LogP contribution in [0.4, 0.5) is 13.2 Å². The lowest BCUT2D eigenvalue weighted by Gasteiger charge is -2.23. The van der Waals surface area contributed by atoms with Crippen molar-refractivity contribution in [3.63, 3.8) is 0 Å². The molecule has 0 saturated heterocycles. The number of hydrogen-bond donors (Lipinski definition) is 1. The van der Waals surface area contributed by atoms with Gasteiger partial charge in [0.1, 0.15) is 6.61 Å². The number of ether oxygens (including phenoxy) is 1. The molecule has 20 heavy (non-hydrogen) atoms. The molecule has 0 radical (unpaired) electrons. The zero-order valence-electron chi connectivity index (χ0n) is 12.4. The molecule has 1 rings (SSSR count). The summed E-state index contributed by atoms with van der Waals surface area (Å²) in [5.74, 6) is 0. The van der Waals surface area contributed by atoms with Crippen molar-refractivity contribution in [2.24, 2.45) is 0 Å². The number of likely N-dealkylation sites (N-methyl/N-ethyl adjacent to an activating group) is 1. The number of hydrogen-bond acceptors (Lipinski definition) is 2. The maximum atomic E-state index is 12.2. The van der Waals surface area contributed by atoms with Gasteiger partial charge in [0.2, 0.25) is 0 Å². The Labute approximate surface area is 118 Å². The van der Waals surface area contributed by atoms with Gasteiger partial charge in [0.25, 0.3) is 0 Å². The van der Waals surface area contributed by atoms with Crippen molar-refractivity contribution in [1.82, 2.24) is 5.32 Å². The van der Waals surface area contributed by atoms with Crippen LogP contribution in [0, 0.1) is 20.8 Å². The number of alkyl halides is 3. The molecule has 1 atom stereocenters. The molecule has 0 fully saturated rings. The van der Waals surface area contributed by atoms with E-state index >= 15 is 0 Å². The summed E-state index contributed by atoms with van der Waals surface area (Å²) in [5, 5.41) is 3.19. The molecule has 1 N–H and O–H groups in total. The minimum absolute atomic E-state index is 0.0120. The first-order chi connectivity index (χ1) is 9.24. The summed E-state index contributed by atoms with van der Waals surface area (Å²) >= 11 is 0. The van der Waals surface area contributed by atoms with E-state index in [1.54, 1.807) is 0 Å². The van der Waals surface area contributed by atoms with Crippen molar-refractivity contribution < 1.29 is 17.9 Å². The van der Waals surface area contributed by atoms with E-state index < -0.39 is 12.8 Å². The van der Waals surface area contributed by atoms with Gasteiger partial charge < -0.3 is 10.1 Å². The average Bonchev–Trinajstić information content (AvgIpc) is 2.25. The Morgan fingerprint density at radius 3 is 2.15 bits per heavy atom. The van der Waals surface area contributed by atoms with Gasteiger partial charge in [-0.25, -0.2) is 0 Å². The van der Waals surface area contributed by atoms with Crippen LogP contribution in [0.5, 0.6) is 0 Å². The van der Waals surface area contributed by atoms with Gasteiger partial charge in [-0.2, -0.15) is 13.2 Å². The van der Waals surface area contributed by atoms with Crippen molar-refractivity contribution in [1.29, 1.82) is 0 Å². The Balaban J connectivity index is 2.86. The lowest BCUT2D eigenvalue weighted by atomic mass is 9.94. The van der Waals surface area contributed by atoms with E-state index in [0.29, 0.717) is 6.54 Å². The second-order valence-corrected chi connectivity index (χ2v) is 5.05. The van der Waals surface area contributed by atoms with Gasteiger partial charge in [0.05, 0.1) is 12.6 Å². The second kappa shape index (κ2) is 7.09. The van der Waals surface area contributed by atoms with Crippen LogP contribution in [0.25, 0.3) is 0 Å². The van der Waals surface area contributed by atoms with Gasteiger partial charge in [-0.3, -0.25) is 0 Å². The smallest absolute Gasteiger partial charge is 0.370 e. The van der Waals surface area contributed by atoms with E-state index in [2.05, 4.69) is 5.32 Å². The van der Waals surface area contributed by atoms with Crippen LogP contribution in [-0.4, -0.2) is 25.9 Å². The van der Waals surface area contributed by atoms with Gasteiger partial charge in [0.15, 0.2) is 0 Å². The van der Waals surface area contributed by atoms with Crippen LogP contribution >= 0.6 is 0 Å². The lowest BCUT2D eigenvalue weighted by molar-refractivity contribution is -0.175. The fourth-order valence-electron chi connectivity index (χ4n) is 2.52. The molecule has 0 aliphatic carbocycles. The first-order valence-corrected chi connectivity index (χ1v) is 6.70. The molecule has 5 heteroatoms. The molecule has 1 aromatic rings. The van der Waals surface area contributed by atoms with E-state index in [1.165, 1.54) is 0 Å². The fourth-order valence-corrected chi connectivity index (χ4v) is 2.52. The van der Waals surface area contributed by atoms with Crippen molar-refractivity contribution >= 4 is 0 Å². The summed E-state index contributed by atoms with van der Waals surface area (Å²) in [5.41, 5.74) is 4.32. The van der Waals surface area contributed by atoms with Crippen molar-refractivity contribution in [3.8, 4) is 0 Å². The Hall–Kier alpha value is -1.07. The number of benzene rings is 1. The third-order valence-electron chi connectivity index (χ3n) is 3.09. The van der Waals surface area contributed by atoms with Gasteiger partial charge >= 0.3 is 6.18 Å². The zero-order valence-corrected chi connectivity index (χ0v) is 12.4. The molecule has 0 bridgehead atoms. The maximum absolute atomic E-state index is 12.2. The van der Waals surface area contributed by atoms with Crippen molar-refractivity contribution in [3.05, 3.63) is 34.4 Å². The van der Waals surface area contributed by atoms with Crippen molar-refractivity contribution in [2.45, 2.75) is 39.9 Å². The van der Waals surface area contributed by atoms with Crippen LogP contribution in [-0.2, 0) is 4.74 Å². The molecule has 0 aromatic heterocycles. The van der Waals surface area contributed by atoms with Crippen molar-refractivity contribution in [2.75, 3.05) is 19.8 Å². The highest BCUT2D eigenvalue weighted by Crippen LogP contribution is 2.25. The molecular weight excluding hydrogens is 267 g/mol. The minimum atomic E-state index is -4.28. The Kier molecular flexibility index (Phi) is 6.02. The number of halogens is 3. The highest BCUT2D eigenvalue weighted by molar-refractivity contribution is 5.39. The number of aryl methyl sites for hydroxylation is 3. The summed E-state index contributed by atoms with van der Waals surface area (Å²) in [4.78, 5) is 0. The zero-order chi connectivity index (χ0) is 15.3. The third-order valence-corrected chi connectivity index (χ3v) is 3.09. The van der Waals surface area contributed by atoms with Crippen LogP contribution < -0.4 is 5.32 Å². The molecule has 0 amide bonds. The predicted octanol–water partition coefficient (Wildman–Crippen LogP) is 3.84. The third kappa shape index (κ3) is 5.13. The summed E-state index contributed by atoms with van der Waals surface area (Å²) in [6, 6.07) is 3.86. The Morgan fingerprint density at radius 1 is 1.15 bits per heavy atom. The molecule has 0 spiro atoms. The molecule has 0 saturated carbocycles. The van der Waals surface area contributed by atoms with E-state index in [9.17, 15) is 13.2 Å². The molecular formula is C15H22F3NO. The summed E-state index contributed by atoms with van der Waals surface area (Å²) in [6.45, 7) is 7.36. The Bertz CT molecular complexity index is 420. The van der Waals surface area contributed by atoms with Gasteiger partial charge in [0, 0.05) is 0 Å². The highest BCUT2D eigenvalue weighted by Gasteiger charge is 2.28. The second-order valence-electron chi connectivity index (χ2n) is 5.05. The quantitative estimate of drug-likeness (QED) is 0.859. The molecule has 1 unspecified atom stereocenters. The predicted molar refractivity (Wildman–Crippen MR) is 73.9 cm³/mol. The monoisotopic (exact) mass is 289 g/mol. The van der Waals surface area contributed by atoms with Crippen LogP contribution in [0.1, 0.15) is 35.2 Å². The molecule has 1 aromatic carbocycles.